The van der Waals surface area contributed by atoms with Crippen molar-refractivity contribution in [2.45, 2.75) is 38.1 Å². The molecule has 2 atom stereocenters. The molecule has 2 heterocycles. The maximum atomic E-state index is 11.7. The van der Waals surface area contributed by atoms with E-state index in [2.05, 4.69) is 16.8 Å². The topological polar surface area (TPSA) is 23.6 Å². The molecule has 0 aromatic carbocycles. The molecule has 15 heavy (non-hydrogen) atoms. The van der Waals surface area contributed by atoms with Crippen molar-refractivity contribution in [1.29, 1.82) is 0 Å². The van der Waals surface area contributed by atoms with Gasteiger partial charge in [-0.2, -0.15) is 0 Å². The van der Waals surface area contributed by atoms with Gasteiger partial charge in [-0.15, -0.1) is 0 Å². The monoisotopic (exact) mass is 208 g/mol. The van der Waals surface area contributed by atoms with Crippen molar-refractivity contribution >= 4 is 5.91 Å². The molecule has 3 fully saturated rings. The van der Waals surface area contributed by atoms with Gasteiger partial charge in [0.1, 0.15) is 0 Å². The Balaban J connectivity index is 1.69. The fraction of sp³-hybridized carbons (Fsp3) is 0.917. The Kier molecular flexibility index (Phi) is 2.06. The molecule has 0 aromatic rings. The van der Waals surface area contributed by atoms with Crippen molar-refractivity contribution < 1.29 is 4.79 Å². The van der Waals surface area contributed by atoms with Crippen molar-refractivity contribution in [1.82, 2.24) is 9.80 Å². The summed E-state index contributed by atoms with van der Waals surface area (Å²) in [5.41, 5.74) is 0.493. The number of nitrogens with zero attached hydrogens (tertiary/aromatic N) is 2. The summed E-state index contributed by atoms with van der Waals surface area (Å²) in [6, 6.07) is 0.593. The number of carbonyl (C=O) groups excluding carboxylic acids is 1. The lowest BCUT2D eigenvalue weighted by molar-refractivity contribution is -0.128. The first-order chi connectivity index (χ1) is 7.21. The van der Waals surface area contributed by atoms with E-state index in [4.69, 9.17) is 0 Å². The third-order valence-electron chi connectivity index (χ3n) is 4.43. The van der Waals surface area contributed by atoms with E-state index in [0.29, 0.717) is 17.4 Å². The highest BCUT2D eigenvalue weighted by molar-refractivity contribution is 5.79. The Bertz CT molecular complexity index is 291. The molecule has 3 aliphatic rings. The summed E-state index contributed by atoms with van der Waals surface area (Å²) in [5.74, 6) is 0.408. The second-order valence-corrected chi connectivity index (χ2v) is 5.61. The van der Waals surface area contributed by atoms with Gasteiger partial charge in [0.2, 0.25) is 5.91 Å². The number of rotatable bonds is 1. The molecule has 1 aliphatic carbocycles. The highest BCUT2D eigenvalue weighted by atomic mass is 16.2. The fourth-order valence-electron chi connectivity index (χ4n) is 3.60. The molecule has 3 rings (SSSR count). The Labute approximate surface area is 91.4 Å². The van der Waals surface area contributed by atoms with Gasteiger partial charge in [-0.1, -0.05) is 0 Å². The Morgan fingerprint density at radius 1 is 1.33 bits per heavy atom. The van der Waals surface area contributed by atoms with Crippen molar-refractivity contribution in [3.63, 3.8) is 0 Å². The first kappa shape index (κ1) is 9.64. The summed E-state index contributed by atoms with van der Waals surface area (Å²) in [7, 11) is 2.21. The first-order valence-corrected chi connectivity index (χ1v) is 6.19. The number of amides is 1. The standard InChI is InChI=1S/C12H20N2O/c1-13-6-3-5-12(9-13)8-10(12)14-7-2-4-11(14)15/h10H,2-9H2,1H3. The van der Waals surface area contributed by atoms with Gasteiger partial charge >= 0.3 is 0 Å². The summed E-state index contributed by atoms with van der Waals surface area (Å²) in [5, 5.41) is 0. The summed E-state index contributed by atoms with van der Waals surface area (Å²) in [6.07, 6.45) is 5.80. The number of hydrogen-bond acceptors (Lipinski definition) is 2. The van der Waals surface area contributed by atoms with Crippen molar-refractivity contribution in [2.75, 3.05) is 26.7 Å². The second-order valence-electron chi connectivity index (χ2n) is 5.61. The fourth-order valence-corrected chi connectivity index (χ4v) is 3.60. The highest BCUT2D eigenvalue weighted by Crippen LogP contribution is 2.55. The minimum atomic E-state index is 0.408. The lowest BCUT2D eigenvalue weighted by Crippen LogP contribution is -2.39. The van der Waals surface area contributed by atoms with Crippen LogP contribution in [0.3, 0.4) is 0 Å². The maximum Gasteiger partial charge on any atom is 0.222 e. The molecule has 1 amide bonds. The second kappa shape index (κ2) is 3.21. The maximum absolute atomic E-state index is 11.7. The molecule has 2 unspecified atom stereocenters. The molecule has 3 heteroatoms. The average Bonchev–Trinajstić information content (AvgIpc) is 2.68. The molecule has 2 aliphatic heterocycles. The van der Waals surface area contributed by atoms with Crippen LogP contribution in [0, 0.1) is 5.41 Å². The van der Waals surface area contributed by atoms with E-state index in [-0.39, 0.29) is 0 Å². The lowest BCUT2D eigenvalue weighted by atomic mass is 9.94. The smallest absolute Gasteiger partial charge is 0.222 e. The zero-order valence-corrected chi connectivity index (χ0v) is 9.54. The van der Waals surface area contributed by atoms with Crippen LogP contribution in [0.4, 0.5) is 0 Å². The van der Waals surface area contributed by atoms with E-state index in [9.17, 15) is 4.79 Å². The van der Waals surface area contributed by atoms with Crippen LogP contribution >= 0.6 is 0 Å². The van der Waals surface area contributed by atoms with E-state index in [1.165, 1.54) is 32.4 Å². The molecule has 0 bridgehead atoms. The Morgan fingerprint density at radius 2 is 2.20 bits per heavy atom. The van der Waals surface area contributed by atoms with Gasteiger partial charge in [0.15, 0.2) is 0 Å². The summed E-state index contributed by atoms with van der Waals surface area (Å²) in [4.78, 5) is 16.3. The Morgan fingerprint density at radius 3 is 2.87 bits per heavy atom. The number of carbonyl (C=O) groups is 1. The summed E-state index contributed by atoms with van der Waals surface area (Å²) < 4.78 is 0. The molecule has 0 aromatic heterocycles. The van der Waals surface area contributed by atoms with Crippen LogP contribution in [0.15, 0.2) is 0 Å². The number of likely N-dealkylation sites (tertiary alicyclic amines) is 2. The predicted molar refractivity (Wildman–Crippen MR) is 58.5 cm³/mol. The van der Waals surface area contributed by atoms with Crippen LogP contribution in [0.2, 0.25) is 0 Å². The molecule has 0 radical (unpaired) electrons. The molecule has 0 N–H and O–H groups in total. The third-order valence-corrected chi connectivity index (χ3v) is 4.43. The highest BCUT2D eigenvalue weighted by Gasteiger charge is 2.59. The SMILES string of the molecule is CN1CCCC2(CC2N2CCCC2=O)C1. The zero-order chi connectivity index (χ0) is 10.5. The summed E-state index contributed by atoms with van der Waals surface area (Å²) >= 11 is 0. The molecule has 84 valence electrons. The minimum Gasteiger partial charge on any atom is -0.339 e. The molecular weight excluding hydrogens is 188 g/mol. The van der Waals surface area contributed by atoms with Crippen molar-refractivity contribution in [2.24, 2.45) is 5.41 Å². The van der Waals surface area contributed by atoms with Crippen LogP contribution in [0.5, 0.6) is 0 Å². The number of piperidine rings is 1. The van der Waals surface area contributed by atoms with Gasteiger partial charge in [0, 0.05) is 31.0 Å². The molecule has 2 saturated heterocycles. The van der Waals surface area contributed by atoms with E-state index in [1.54, 1.807) is 0 Å². The minimum absolute atomic E-state index is 0.408. The van der Waals surface area contributed by atoms with Crippen LogP contribution in [-0.2, 0) is 4.79 Å². The van der Waals surface area contributed by atoms with Crippen molar-refractivity contribution in [3.8, 4) is 0 Å². The van der Waals surface area contributed by atoms with Crippen LogP contribution in [-0.4, -0.2) is 48.4 Å². The van der Waals surface area contributed by atoms with Gasteiger partial charge in [-0.05, 0) is 39.3 Å². The van der Waals surface area contributed by atoms with Gasteiger partial charge in [0.25, 0.3) is 0 Å². The van der Waals surface area contributed by atoms with Crippen LogP contribution in [0.1, 0.15) is 32.1 Å². The number of hydrogen-bond donors (Lipinski definition) is 0. The Hall–Kier alpha value is -0.570. The third kappa shape index (κ3) is 1.48. The van der Waals surface area contributed by atoms with E-state index in [0.717, 1.165) is 19.4 Å². The quantitative estimate of drug-likeness (QED) is 0.644. The van der Waals surface area contributed by atoms with Gasteiger partial charge in [-0.25, -0.2) is 0 Å². The predicted octanol–water partition coefficient (Wildman–Crippen LogP) is 1.09. The van der Waals surface area contributed by atoms with Crippen LogP contribution in [0.25, 0.3) is 0 Å². The molecule has 3 nitrogen and oxygen atoms in total. The largest absolute Gasteiger partial charge is 0.339 e. The van der Waals surface area contributed by atoms with Crippen molar-refractivity contribution in [3.05, 3.63) is 0 Å². The van der Waals surface area contributed by atoms with Gasteiger partial charge in [0.05, 0.1) is 0 Å². The molecular formula is C12H20N2O. The molecule has 1 spiro atoms. The van der Waals surface area contributed by atoms with E-state index >= 15 is 0 Å². The van der Waals surface area contributed by atoms with E-state index in [1.807, 2.05) is 0 Å². The molecule has 1 saturated carbocycles. The van der Waals surface area contributed by atoms with Crippen LogP contribution < -0.4 is 0 Å². The lowest BCUT2D eigenvalue weighted by Gasteiger charge is -2.32. The average molecular weight is 208 g/mol. The normalized spacial score (nSPS) is 41.5. The van der Waals surface area contributed by atoms with E-state index < -0.39 is 0 Å². The zero-order valence-electron chi connectivity index (χ0n) is 9.54. The summed E-state index contributed by atoms with van der Waals surface area (Å²) in [6.45, 7) is 3.47. The van der Waals surface area contributed by atoms with Gasteiger partial charge in [-0.3, -0.25) is 4.79 Å². The van der Waals surface area contributed by atoms with Gasteiger partial charge < -0.3 is 9.80 Å². The first-order valence-electron chi connectivity index (χ1n) is 6.19.